The summed E-state index contributed by atoms with van der Waals surface area (Å²) in [4.78, 5) is 19.8. The van der Waals surface area contributed by atoms with E-state index in [1.165, 1.54) is 6.07 Å². The highest BCUT2D eigenvalue weighted by Gasteiger charge is 2.30. The zero-order valence-corrected chi connectivity index (χ0v) is 17.7. The van der Waals surface area contributed by atoms with Crippen molar-refractivity contribution in [1.29, 1.82) is 0 Å². The number of piperazine rings is 1. The molecule has 1 amide bonds. The molecule has 0 atom stereocenters. The molecule has 6 nitrogen and oxygen atoms in total. The average Bonchev–Trinajstić information content (AvgIpc) is 3.16. The number of carbonyl (C=O) groups excluding carboxylic acids is 1. The Morgan fingerprint density at radius 1 is 1.06 bits per heavy atom. The van der Waals surface area contributed by atoms with Crippen molar-refractivity contribution >= 4 is 16.8 Å². The fourth-order valence-electron chi connectivity index (χ4n) is 4.12. The van der Waals surface area contributed by atoms with Gasteiger partial charge in [0, 0.05) is 49.6 Å². The van der Waals surface area contributed by atoms with Crippen molar-refractivity contribution in [3.63, 3.8) is 0 Å². The average molecular weight is 430 g/mol. The summed E-state index contributed by atoms with van der Waals surface area (Å²) in [7, 11) is 0. The Morgan fingerprint density at radius 3 is 2.59 bits per heavy atom. The van der Waals surface area contributed by atoms with Crippen LogP contribution in [-0.2, 0) is 0 Å². The van der Waals surface area contributed by atoms with Crippen LogP contribution in [-0.4, -0.2) is 46.5 Å². The minimum atomic E-state index is -0.478. The molecule has 1 aliphatic rings. The van der Waals surface area contributed by atoms with Gasteiger partial charge in [0.25, 0.3) is 5.91 Å². The van der Waals surface area contributed by atoms with Crippen LogP contribution in [0.4, 0.5) is 4.39 Å². The van der Waals surface area contributed by atoms with Crippen molar-refractivity contribution < 1.29 is 13.9 Å². The van der Waals surface area contributed by atoms with Crippen LogP contribution in [0.25, 0.3) is 16.6 Å². The SMILES string of the molecule is Cc1cccc(F)c1Oc1c(C(=O)N2CCNCC2)c2cnccc2n1-c1ccccc1. The largest absolute Gasteiger partial charge is 0.436 e. The van der Waals surface area contributed by atoms with Gasteiger partial charge in [-0.3, -0.25) is 14.3 Å². The highest BCUT2D eigenvalue weighted by atomic mass is 19.1. The van der Waals surface area contributed by atoms with Gasteiger partial charge in [-0.1, -0.05) is 30.3 Å². The van der Waals surface area contributed by atoms with E-state index in [4.69, 9.17) is 4.74 Å². The summed E-state index contributed by atoms with van der Waals surface area (Å²) in [5, 5.41) is 3.94. The van der Waals surface area contributed by atoms with Gasteiger partial charge in [0.2, 0.25) is 5.88 Å². The number of pyridine rings is 1. The van der Waals surface area contributed by atoms with Gasteiger partial charge in [-0.2, -0.15) is 0 Å². The van der Waals surface area contributed by atoms with Crippen molar-refractivity contribution in [2.24, 2.45) is 0 Å². The summed E-state index contributed by atoms with van der Waals surface area (Å²) in [6, 6.07) is 16.2. The quantitative estimate of drug-likeness (QED) is 0.524. The minimum absolute atomic E-state index is 0.106. The molecular formula is C25H23FN4O2. The molecule has 0 bridgehead atoms. The van der Waals surface area contributed by atoms with Crippen LogP contribution < -0.4 is 10.1 Å². The van der Waals surface area contributed by atoms with E-state index in [0.717, 1.165) is 24.3 Å². The second-order valence-corrected chi connectivity index (χ2v) is 7.77. The molecule has 7 heteroatoms. The molecule has 3 heterocycles. The van der Waals surface area contributed by atoms with Crippen molar-refractivity contribution in [1.82, 2.24) is 19.8 Å². The molecule has 162 valence electrons. The zero-order chi connectivity index (χ0) is 22.1. The highest BCUT2D eigenvalue weighted by molar-refractivity contribution is 6.10. The van der Waals surface area contributed by atoms with Gasteiger partial charge in [-0.25, -0.2) is 4.39 Å². The second kappa shape index (κ2) is 8.43. The van der Waals surface area contributed by atoms with Crippen LogP contribution in [0.15, 0.2) is 67.0 Å². The van der Waals surface area contributed by atoms with Gasteiger partial charge in [0.15, 0.2) is 11.6 Å². The van der Waals surface area contributed by atoms with Crippen LogP contribution in [0.2, 0.25) is 0 Å². The maximum absolute atomic E-state index is 14.8. The number of halogens is 1. The first-order valence-corrected chi connectivity index (χ1v) is 10.6. The first-order valence-electron chi connectivity index (χ1n) is 10.6. The number of hydrogen-bond acceptors (Lipinski definition) is 4. The molecule has 32 heavy (non-hydrogen) atoms. The third-order valence-electron chi connectivity index (χ3n) is 5.72. The Kier molecular flexibility index (Phi) is 5.33. The summed E-state index contributed by atoms with van der Waals surface area (Å²) in [6.45, 7) is 4.42. The van der Waals surface area contributed by atoms with Crippen molar-refractivity contribution in [2.75, 3.05) is 26.2 Å². The van der Waals surface area contributed by atoms with E-state index in [-0.39, 0.29) is 17.5 Å². The molecule has 4 aromatic rings. The van der Waals surface area contributed by atoms with Crippen LogP contribution in [0.3, 0.4) is 0 Å². The molecule has 1 fully saturated rings. The lowest BCUT2D eigenvalue weighted by Gasteiger charge is -2.27. The van der Waals surface area contributed by atoms with E-state index in [2.05, 4.69) is 10.3 Å². The number of amides is 1. The minimum Gasteiger partial charge on any atom is -0.436 e. The standard InChI is InChI=1S/C25H23FN4O2/c1-17-6-5-9-20(26)23(17)32-25-22(24(31)29-14-12-27-13-15-29)19-16-28-11-10-21(19)30(25)18-7-3-2-4-8-18/h2-11,16,27H,12-15H2,1H3. The maximum Gasteiger partial charge on any atom is 0.260 e. The molecule has 2 aromatic heterocycles. The van der Waals surface area contributed by atoms with Crippen LogP contribution >= 0.6 is 0 Å². The molecule has 0 unspecified atom stereocenters. The number of rotatable bonds is 4. The zero-order valence-electron chi connectivity index (χ0n) is 17.7. The van der Waals surface area contributed by atoms with Gasteiger partial charge >= 0.3 is 0 Å². The molecule has 1 N–H and O–H groups in total. The first kappa shape index (κ1) is 20.2. The van der Waals surface area contributed by atoms with Crippen LogP contribution in [0, 0.1) is 12.7 Å². The molecule has 0 aliphatic carbocycles. The topological polar surface area (TPSA) is 59.4 Å². The number of ether oxygens (including phenoxy) is 1. The second-order valence-electron chi connectivity index (χ2n) is 7.77. The van der Waals surface area contributed by atoms with E-state index < -0.39 is 5.82 Å². The lowest BCUT2D eigenvalue weighted by Crippen LogP contribution is -2.46. The monoisotopic (exact) mass is 430 g/mol. The fraction of sp³-hybridized carbons (Fsp3) is 0.200. The summed E-state index contributed by atoms with van der Waals surface area (Å²) in [6.07, 6.45) is 3.35. The normalized spacial score (nSPS) is 14.0. The number of nitrogens with zero attached hydrogens (tertiary/aromatic N) is 3. The van der Waals surface area contributed by atoms with Gasteiger partial charge in [0.05, 0.1) is 5.52 Å². The molecular weight excluding hydrogens is 407 g/mol. The Hall–Kier alpha value is -3.71. The number of fused-ring (bicyclic) bond motifs is 1. The summed E-state index contributed by atoms with van der Waals surface area (Å²) in [5.41, 5.74) is 2.62. The van der Waals surface area contributed by atoms with Crippen LogP contribution in [0.5, 0.6) is 11.6 Å². The lowest BCUT2D eigenvalue weighted by atomic mass is 10.1. The Bertz CT molecular complexity index is 1260. The van der Waals surface area contributed by atoms with Gasteiger partial charge in [-0.05, 0) is 36.8 Å². The van der Waals surface area contributed by atoms with Gasteiger partial charge in [0.1, 0.15) is 5.56 Å². The summed E-state index contributed by atoms with van der Waals surface area (Å²) in [5.74, 6) is -0.234. The maximum atomic E-state index is 14.8. The Morgan fingerprint density at radius 2 is 1.84 bits per heavy atom. The third kappa shape index (κ3) is 3.50. The molecule has 1 saturated heterocycles. The number of hydrogen-bond donors (Lipinski definition) is 1. The molecule has 1 aliphatic heterocycles. The number of aromatic nitrogens is 2. The predicted molar refractivity (Wildman–Crippen MR) is 121 cm³/mol. The summed E-state index contributed by atoms with van der Waals surface area (Å²) >= 11 is 0. The number of para-hydroxylation sites is 2. The third-order valence-corrected chi connectivity index (χ3v) is 5.72. The van der Waals surface area contributed by atoms with E-state index >= 15 is 0 Å². The Balaban J connectivity index is 1.78. The number of benzene rings is 2. The number of carbonyl (C=O) groups is 1. The molecule has 5 rings (SSSR count). The lowest BCUT2D eigenvalue weighted by molar-refractivity contribution is 0.0734. The summed E-state index contributed by atoms with van der Waals surface area (Å²) < 4.78 is 22.9. The number of nitrogens with one attached hydrogen (secondary N) is 1. The van der Waals surface area contributed by atoms with E-state index in [1.54, 1.807) is 36.4 Å². The predicted octanol–water partition coefficient (Wildman–Crippen LogP) is 4.31. The van der Waals surface area contributed by atoms with E-state index in [0.29, 0.717) is 29.6 Å². The Labute approximate surface area is 185 Å². The molecule has 0 radical (unpaired) electrons. The van der Waals surface area contributed by atoms with Gasteiger partial charge in [-0.15, -0.1) is 0 Å². The van der Waals surface area contributed by atoms with Crippen molar-refractivity contribution in [2.45, 2.75) is 6.92 Å². The molecule has 0 spiro atoms. The number of aryl methyl sites for hydroxylation is 1. The molecule has 2 aromatic carbocycles. The van der Waals surface area contributed by atoms with Gasteiger partial charge < -0.3 is 15.0 Å². The van der Waals surface area contributed by atoms with Crippen molar-refractivity contribution in [3.8, 4) is 17.3 Å². The first-order chi connectivity index (χ1) is 15.6. The highest BCUT2D eigenvalue weighted by Crippen LogP contribution is 2.39. The smallest absolute Gasteiger partial charge is 0.260 e. The van der Waals surface area contributed by atoms with Crippen LogP contribution in [0.1, 0.15) is 15.9 Å². The molecule has 0 saturated carbocycles. The van der Waals surface area contributed by atoms with E-state index in [1.807, 2.05) is 41.0 Å². The van der Waals surface area contributed by atoms with Crippen molar-refractivity contribution in [3.05, 3.63) is 83.9 Å². The fourth-order valence-corrected chi connectivity index (χ4v) is 4.12. The van der Waals surface area contributed by atoms with E-state index in [9.17, 15) is 9.18 Å².